The molecule has 0 bridgehead atoms. The Morgan fingerprint density at radius 1 is 0.969 bits per heavy atom. The van der Waals surface area contributed by atoms with Crippen molar-refractivity contribution < 1.29 is 9.59 Å². The predicted molar refractivity (Wildman–Crippen MR) is 125 cm³/mol. The van der Waals surface area contributed by atoms with Crippen LogP contribution in [0.2, 0.25) is 0 Å². The van der Waals surface area contributed by atoms with Gasteiger partial charge in [-0.1, -0.05) is 69.2 Å². The molecule has 0 radical (unpaired) electrons. The highest BCUT2D eigenvalue weighted by atomic mass is 16.2. The molecule has 0 saturated carbocycles. The number of nitrogens with zero attached hydrogens (tertiary/aromatic N) is 2. The van der Waals surface area contributed by atoms with Gasteiger partial charge in [0.2, 0.25) is 5.91 Å². The first kappa shape index (κ1) is 23.2. The summed E-state index contributed by atoms with van der Waals surface area (Å²) < 4.78 is 1.34. The van der Waals surface area contributed by atoms with E-state index in [0.29, 0.717) is 17.3 Å². The normalized spacial score (nSPS) is 11.8. The van der Waals surface area contributed by atoms with Gasteiger partial charge in [-0.3, -0.25) is 25.2 Å². The number of hydrogen-bond acceptors (Lipinski definition) is 4. The summed E-state index contributed by atoms with van der Waals surface area (Å²) in [4.78, 5) is 38.2. The van der Waals surface area contributed by atoms with Crippen LogP contribution in [0.1, 0.15) is 67.6 Å². The van der Waals surface area contributed by atoms with Gasteiger partial charge in [-0.25, -0.2) is 4.68 Å². The third-order valence-electron chi connectivity index (χ3n) is 5.64. The Balaban J connectivity index is 1.77. The number of carbonyl (C=O) groups excluding carboxylic acids is 2. The van der Waals surface area contributed by atoms with E-state index in [9.17, 15) is 14.4 Å². The SMILES string of the molecule is CCCCCn1nc(C(=O)NNC(=O)C(C)c2ccc(CC)cc2)c2ccccc2c1=O. The van der Waals surface area contributed by atoms with Crippen LogP contribution in [0.4, 0.5) is 0 Å². The molecule has 0 aliphatic rings. The number of aryl methyl sites for hydroxylation is 2. The molecule has 0 aliphatic carbocycles. The molecular formula is C25H30N4O3. The molecule has 1 atom stereocenters. The Morgan fingerprint density at radius 3 is 2.31 bits per heavy atom. The number of hydrazine groups is 1. The van der Waals surface area contributed by atoms with Gasteiger partial charge in [-0.05, 0) is 37.0 Å². The first-order valence-corrected chi connectivity index (χ1v) is 11.1. The number of fused-ring (bicyclic) bond motifs is 1. The monoisotopic (exact) mass is 434 g/mol. The van der Waals surface area contributed by atoms with Crippen LogP contribution in [0, 0.1) is 0 Å². The minimum absolute atomic E-state index is 0.108. The zero-order valence-corrected chi connectivity index (χ0v) is 18.9. The van der Waals surface area contributed by atoms with Gasteiger partial charge in [0, 0.05) is 11.9 Å². The van der Waals surface area contributed by atoms with Crippen LogP contribution in [0.15, 0.2) is 53.3 Å². The van der Waals surface area contributed by atoms with Gasteiger partial charge in [-0.15, -0.1) is 0 Å². The number of benzene rings is 2. The Kier molecular flexibility index (Phi) is 7.76. The summed E-state index contributed by atoms with van der Waals surface area (Å²) in [6.45, 7) is 6.38. The fourth-order valence-corrected chi connectivity index (χ4v) is 3.55. The molecule has 0 aliphatic heterocycles. The maximum Gasteiger partial charge on any atom is 0.290 e. The standard InChI is InChI=1S/C25H30N4O3/c1-4-6-9-16-29-25(32)21-11-8-7-10-20(21)22(28-29)24(31)27-26-23(30)17(3)19-14-12-18(5-2)13-15-19/h7-8,10-15,17H,4-6,9,16H2,1-3H3,(H,26,30)(H,27,31). The zero-order valence-electron chi connectivity index (χ0n) is 18.9. The predicted octanol–water partition coefficient (Wildman–Crippen LogP) is 3.71. The minimum Gasteiger partial charge on any atom is -0.273 e. The van der Waals surface area contributed by atoms with Crippen molar-refractivity contribution in [1.29, 1.82) is 0 Å². The van der Waals surface area contributed by atoms with Crippen LogP contribution in [0.3, 0.4) is 0 Å². The van der Waals surface area contributed by atoms with E-state index in [4.69, 9.17) is 0 Å². The Bertz CT molecular complexity index is 1150. The number of unbranched alkanes of at least 4 members (excludes halogenated alkanes) is 2. The van der Waals surface area contributed by atoms with Crippen LogP contribution < -0.4 is 16.4 Å². The third kappa shape index (κ3) is 5.22. The Labute approximate surface area is 187 Å². The van der Waals surface area contributed by atoms with Crippen LogP contribution >= 0.6 is 0 Å². The van der Waals surface area contributed by atoms with Gasteiger partial charge in [0.15, 0.2) is 5.69 Å². The quantitative estimate of drug-likeness (QED) is 0.417. The fraction of sp³-hybridized carbons (Fsp3) is 0.360. The summed E-state index contributed by atoms with van der Waals surface area (Å²) in [7, 11) is 0. The van der Waals surface area contributed by atoms with Crippen molar-refractivity contribution in [2.24, 2.45) is 0 Å². The molecule has 2 amide bonds. The Morgan fingerprint density at radius 2 is 1.66 bits per heavy atom. The van der Waals surface area contributed by atoms with E-state index in [2.05, 4.69) is 29.8 Å². The van der Waals surface area contributed by atoms with E-state index >= 15 is 0 Å². The second-order valence-electron chi connectivity index (χ2n) is 7.89. The van der Waals surface area contributed by atoms with Crippen molar-refractivity contribution in [3.05, 3.63) is 75.7 Å². The second kappa shape index (κ2) is 10.7. The number of aromatic nitrogens is 2. The van der Waals surface area contributed by atoms with Crippen molar-refractivity contribution in [2.75, 3.05) is 0 Å². The molecule has 0 saturated heterocycles. The maximum absolute atomic E-state index is 12.9. The number of carbonyl (C=O) groups is 2. The maximum atomic E-state index is 12.9. The Hall–Kier alpha value is -3.48. The lowest BCUT2D eigenvalue weighted by Crippen LogP contribution is -2.44. The van der Waals surface area contributed by atoms with Crippen molar-refractivity contribution in [2.45, 2.75) is 58.9 Å². The fourth-order valence-electron chi connectivity index (χ4n) is 3.55. The second-order valence-corrected chi connectivity index (χ2v) is 7.89. The van der Waals surface area contributed by atoms with Crippen LogP contribution in [-0.4, -0.2) is 21.6 Å². The zero-order chi connectivity index (χ0) is 23.1. The molecule has 2 aromatic carbocycles. The lowest BCUT2D eigenvalue weighted by Gasteiger charge is -2.15. The number of hydrogen-bond donors (Lipinski definition) is 2. The first-order valence-electron chi connectivity index (χ1n) is 11.1. The van der Waals surface area contributed by atoms with Crippen molar-refractivity contribution >= 4 is 22.6 Å². The van der Waals surface area contributed by atoms with E-state index in [1.54, 1.807) is 31.2 Å². The molecule has 1 heterocycles. The van der Waals surface area contributed by atoms with Gasteiger partial charge in [-0.2, -0.15) is 5.10 Å². The molecule has 168 valence electrons. The lowest BCUT2D eigenvalue weighted by atomic mass is 9.99. The highest BCUT2D eigenvalue weighted by molar-refractivity contribution is 6.05. The molecule has 1 unspecified atom stereocenters. The summed E-state index contributed by atoms with van der Waals surface area (Å²) in [6, 6.07) is 14.7. The smallest absolute Gasteiger partial charge is 0.273 e. The molecule has 32 heavy (non-hydrogen) atoms. The van der Waals surface area contributed by atoms with Gasteiger partial charge in [0.05, 0.1) is 11.3 Å². The van der Waals surface area contributed by atoms with Gasteiger partial charge in [0.1, 0.15) is 0 Å². The molecule has 0 fully saturated rings. The van der Waals surface area contributed by atoms with E-state index in [0.717, 1.165) is 31.2 Å². The topological polar surface area (TPSA) is 93.1 Å². The molecular weight excluding hydrogens is 404 g/mol. The summed E-state index contributed by atoms with van der Waals surface area (Å²) in [5, 5.41) is 5.20. The van der Waals surface area contributed by atoms with E-state index < -0.39 is 11.8 Å². The van der Waals surface area contributed by atoms with E-state index in [1.807, 2.05) is 24.3 Å². The molecule has 2 N–H and O–H groups in total. The van der Waals surface area contributed by atoms with Crippen LogP contribution in [0.25, 0.3) is 10.8 Å². The number of amides is 2. The third-order valence-corrected chi connectivity index (χ3v) is 5.64. The van der Waals surface area contributed by atoms with Crippen molar-refractivity contribution in [3.8, 4) is 0 Å². The summed E-state index contributed by atoms with van der Waals surface area (Å²) in [5.41, 5.74) is 6.90. The molecule has 1 aromatic heterocycles. The van der Waals surface area contributed by atoms with Gasteiger partial charge in [0.25, 0.3) is 11.5 Å². The number of rotatable bonds is 8. The highest BCUT2D eigenvalue weighted by Crippen LogP contribution is 2.17. The molecule has 3 aromatic rings. The van der Waals surface area contributed by atoms with Crippen molar-refractivity contribution in [3.63, 3.8) is 0 Å². The van der Waals surface area contributed by atoms with Crippen LogP contribution in [0.5, 0.6) is 0 Å². The van der Waals surface area contributed by atoms with E-state index in [-0.39, 0.29) is 17.2 Å². The largest absolute Gasteiger partial charge is 0.290 e. The molecule has 7 heteroatoms. The molecule has 0 spiro atoms. The molecule has 7 nitrogen and oxygen atoms in total. The highest BCUT2D eigenvalue weighted by Gasteiger charge is 2.19. The van der Waals surface area contributed by atoms with Gasteiger partial charge < -0.3 is 0 Å². The number of nitrogens with one attached hydrogen (secondary N) is 2. The van der Waals surface area contributed by atoms with Crippen LogP contribution in [-0.2, 0) is 17.8 Å². The average Bonchev–Trinajstić information content (AvgIpc) is 2.83. The van der Waals surface area contributed by atoms with Gasteiger partial charge >= 0.3 is 0 Å². The van der Waals surface area contributed by atoms with E-state index in [1.165, 1.54) is 10.2 Å². The summed E-state index contributed by atoms with van der Waals surface area (Å²) in [6.07, 6.45) is 3.71. The van der Waals surface area contributed by atoms with Crippen molar-refractivity contribution in [1.82, 2.24) is 20.6 Å². The summed E-state index contributed by atoms with van der Waals surface area (Å²) in [5.74, 6) is -1.33. The molecule has 3 rings (SSSR count). The first-order chi connectivity index (χ1) is 15.5. The average molecular weight is 435 g/mol. The lowest BCUT2D eigenvalue weighted by molar-refractivity contribution is -0.123. The minimum atomic E-state index is -0.563. The summed E-state index contributed by atoms with van der Waals surface area (Å²) >= 11 is 0.